The van der Waals surface area contributed by atoms with Crippen LogP contribution in [0.1, 0.15) is 23.7 Å². The van der Waals surface area contributed by atoms with Gasteiger partial charge in [-0.3, -0.25) is 4.79 Å². The summed E-state index contributed by atoms with van der Waals surface area (Å²) in [7, 11) is 0. The second-order valence-corrected chi connectivity index (χ2v) is 4.17. The van der Waals surface area contributed by atoms with Crippen molar-refractivity contribution in [2.75, 3.05) is 6.54 Å². The molecule has 0 spiro atoms. The minimum Gasteiger partial charge on any atom is -0.393 e. The molecule has 90 valence electrons. The summed E-state index contributed by atoms with van der Waals surface area (Å²) in [6, 6.07) is 7.50. The molecule has 4 nitrogen and oxygen atoms in total. The maximum absolute atomic E-state index is 11.8. The predicted octanol–water partition coefficient (Wildman–Crippen LogP) is 1.67. The molecule has 1 amide bonds. The summed E-state index contributed by atoms with van der Waals surface area (Å²) in [6.45, 7) is 2.19. The van der Waals surface area contributed by atoms with E-state index in [1.807, 2.05) is 24.4 Å². The number of hydrogen-bond acceptors (Lipinski definition) is 2. The van der Waals surface area contributed by atoms with E-state index in [9.17, 15) is 4.79 Å². The molecule has 1 heterocycles. The first-order valence-electron chi connectivity index (χ1n) is 5.70. The van der Waals surface area contributed by atoms with Crippen molar-refractivity contribution in [1.82, 2.24) is 10.3 Å². The average molecular weight is 232 g/mol. The molecular formula is C13H16N2O2. The summed E-state index contributed by atoms with van der Waals surface area (Å²) in [5.41, 5.74) is 1.58. The van der Waals surface area contributed by atoms with Crippen LogP contribution in [0.2, 0.25) is 0 Å². The number of fused-ring (bicyclic) bond motifs is 1. The van der Waals surface area contributed by atoms with Gasteiger partial charge in [0.05, 0.1) is 6.10 Å². The van der Waals surface area contributed by atoms with Gasteiger partial charge in [-0.05, 0) is 36.9 Å². The van der Waals surface area contributed by atoms with Gasteiger partial charge in [0.1, 0.15) is 0 Å². The van der Waals surface area contributed by atoms with Gasteiger partial charge in [0, 0.05) is 23.8 Å². The molecule has 0 saturated heterocycles. The minimum absolute atomic E-state index is 0.109. The fraction of sp³-hybridized carbons (Fsp3) is 0.308. The number of benzene rings is 1. The van der Waals surface area contributed by atoms with Crippen LogP contribution in [0.5, 0.6) is 0 Å². The van der Waals surface area contributed by atoms with E-state index in [1.54, 1.807) is 13.0 Å². The molecule has 0 aliphatic rings. The Kier molecular flexibility index (Phi) is 3.44. The zero-order valence-corrected chi connectivity index (χ0v) is 9.73. The molecule has 1 aromatic carbocycles. The highest BCUT2D eigenvalue weighted by Crippen LogP contribution is 2.13. The molecule has 1 atom stereocenters. The number of carbonyl (C=O) groups is 1. The van der Waals surface area contributed by atoms with Gasteiger partial charge < -0.3 is 15.4 Å². The molecule has 0 saturated carbocycles. The SMILES string of the molecule is CC(O)CCNC(=O)c1ccc2cc[nH]c2c1. The minimum atomic E-state index is -0.388. The van der Waals surface area contributed by atoms with Gasteiger partial charge in [0.2, 0.25) is 0 Å². The van der Waals surface area contributed by atoms with Gasteiger partial charge in [-0.15, -0.1) is 0 Å². The Morgan fingerprint density at radius 2 is 2.29 bits per heavy atom. The third kappa shape index (κ3) is 2.85. The molecule has 2 aromatic rings. The van der Waals surface area contributed by atoms with E-state index in [0.29, 0.717) is 18.5 Å². The van der Waals surface area contributed by atoms with E-state index in [-0.39, 0.29) is 12.0 Å². The van der Waals surface area contributed by atoms with E-state index < -0.39 is 0 Å². The largest absolute Gasteiger partial charge is 0.393 e. The van der Waals surface area contributed by atoms with E-state index in [2.05, 4.69) is 10.3 Å². The summed E-state index contributed by atoms with van der Waals surface area (Å²) < 4.78 is 0. The Morgan fingerprint density at radius 3 is 3.06 bits per heavy atom. The molecule has 0 bridgehead atoms. The monoisotopic (exact) mass is 232 g/mol. The third-order valence-electron chi connectivity index (χ3n) is 2.66. The van der Waals surface area contributed by atoms with Crippen LogP contribution in [0.25, 0.3) is 10.9 Å². The number of aliphatic hydroxyl groups is 1. The topological polar surface area (TPSA) is 65.1 Å². The average Bonchev–Trinajstić information content (AvgIpc) is 2.75. The Hall–Kier alpha value is -1.81. The summed E-state index contributed by atoms with van der Waals surface area (Å²) >= 11 is 0. The fourth-order valence-electron chi connectivity index (χ4n) is 1.69. The lowest BCUT2D eigenvalue weighted by Crippen LogP contribution is -2.26. The molecule has 3 N–H and O–H groups in total. The number of carbonyl (C=O) groups excluding carboxylic acids is 1. The molecule has 0 aliphatic heterocycles. The first-order valence-corrected chi connectivity index (χ1v) is 5.70. The van der Waals surface area contributed by atoms with E-state index in [0.717, 1.165) is 10.9 Å². The summed E-state index contributed by atoms with van der Waals surface area (Å²) in [6.07, 6.45) is 2.03. The van der Waals surface area contributed by atoms with Crippen molar-refractivity contribution >= 4 is 16.8 Å². The smallest absolute Gasteiger partial charge is 0.251 e. The Bertz CT molecular complexity index is 517. The summed E-state index contributed by atoms with van der Waals surface area (Å²) in [5.74, 6) is -0.109. The van der Waals surface area contributed by atoms with Crippen LogP contribution < -0.4 is 5.32 Å². The molecule has 4 heteroatoms. The zero-order chi connectivity index (χ0) is 12.3. The van der Waals surface area contributed by atoms with E-state index in [1.165, 1.54) is 0 Å². The maximum Gasteiger partial charge on any atom is 0.251 e. The molecule has 0 radical (unpaired) electrons. The third-order valence-corrected chi connectivity index (χ3v) is 2.66. The van der Waals surface area contributed by atoms with Crippen LogP contribution in [-0.2, 0) is 0 Å². The molecule has 17 heavy (non-hydrogen) atoms. The van der Waals surface area contributed by atoms with Gasteiger partial charge in [0.15, 0.2) is 0 Å². The van der Waals surface area contributed by atoms with Crippen molar-refractivity contribution in [1.29, 1.82) is 0 Å². The van der Waals surface area contributed by atoms with Crippen molar-refractivity contribution in [2.45, 2.75) is 19.4 Å². The Morgan fingerprint density at radius 1 is 1.47 bits per heavy atom. The maximum atomic E-state index is 11.8. The fourth-order valence-corrected chi connectivity index (χ4v) is 1.69. The molecule has 0 fully saturated rings. The summed E-state index contributed by atoms with van der Waals surface area (Å²) in [5, 5.41) is 13.0. The first kappa shape index (κ1) is 11.7. The Labute approximate surface area is 99.7 Å². The number of aromatic nitrogens is 1. The van der Waals surface area contributed by atoms with Crippen molar-refractivity contribution < 1.29 is 9.90 Å². The number of rotatable bonds is 4. The van der Waals surface area contributed by atoms with Gasteiger partial charge in [0.25, 0.3) is 5.91 Å². The lowest BCUT2D eigenvalue weighted by Gasteiger charge is -2.06. The quantitative estimate of drug-likeness (QED) is 0.750. The number of aliphatic hydroxyl groups excluding tert-OH is 1. The van der Waals surface area contributed by atoms with Crippen LogP contribution in [-0.4, -0.2) is 28.6 Å². The number of amides is 1. The number of aromatic amines is 1. The van der Waals surface area contributed by atoms with Gasteiger partial charge in [-0.1, -0.05) is 6.07 Å². The highest BCUT2D eigenvalue weighted by Gasteiger charge is 2.06. The molecule has 0 aliphatic carbocycles. The second kappa shape index (κ2) is 5.01. The molecular weight excluding hydrogens is 216 g/mol. The van der Waals surface area contributed by atoms with Crippen LogP contribution in [0, 0.1) is 0 Å². The second-order valence-electron chi connectivity index (χ2n) is 4.17. The number of nitrogens with one attached hydrogen (secondary N) is 2. The van der Waals surface area contributed by atoms with Crippen molar-refractivity contribution in [3.63, 3.8) is 0 Å². The van der Waals surface area contributed by atoms with Crippen LogP contribution in [0.15, 0.2) is 30.5 Å². The van der Waals surface area contributed by atoms with Crippen molar-refractivity contribution in [3.05, 3.63) is 36.0 Å². The van der Waals surface area contributed by atoms with Gasteiger partial charge >= 0.3 is 0 Å². The van der Waals surface area contributed by atoms with Gasteiger partial charge in [-0.25, -0.2) is 0 Å². The van der Waals surface area contributed by atoms with Crippen molar-refractivity contribution in [3.8, 4) is 0 Å². The number of hydrogen-bond donors (Lipinski definition) is 3. The van der Waals surface area contributed by atoms with E-state index >= 15 is 0 Å². The highest BCUT2D eigenvalue weighted by molar-refractivity contribution is 5.97. The molecule has 2 rings (SSSR count). The number of H-pyrrole nitrogens is 1. The summed E-state index contributed by atoms with van der Waals surface area (Å²) in [4.78, 5) is 14.9. The van der Waals surface area contributed by atoms with Crippen LogP contribution in [0.3, 0.4) is 0 Å². The van der Waals surface area contributed by atoms with Gasteiger partial charge in [-0.2, -0.15) is 0 Å². The van der Waals surface area contributed by atoms with E-state index in [4.69, 9.17) is 5.11 Å². The first-order chi connectivity index (χ1) is 8.16. The lowest BCUT2D eigenvalue weighted by atomic mass is 10.1. The highest BCUT2D eigenvalue weighted by atomic mass is 16.3. The zero-order valence-electron chi connectivity index (χ0n) is 9.73. The predicted molar refractivity (Wildman–Crippen MR) is 66.9 cm³/mol. The molecule has 1 aromatic heterocycles. The standard InChI is InChI=1S/C13H16N2O2/c1-9(16)4-6-15-13(17)11-3-2-10-5-7-14-12(10)8-11/h2-3,5,7-9,14,16H,4,6H2,1H3,(H,15,17). The van der Waals surface area contributed by atoms with Crippen LogP contribution >= 0.6 is 0 Å². The van der Waals surface area contributed by atoms with Crippen LogP contribution in [0.4, 0.5) is 0 Å². The van der Waals surface area contributed by atoms with Crippen molar-refractivity contribution in [2.24, 2.45) is 0 Å². The molecule has 1 unspecified atom stereocenters. The normalized spacial score (nSPS) is 12.6. The Balaban J connectivity index is 2.03. The lowest BCUT2D eigenvalue weighted by molar-refractivity contribution is 0.0945.